The number of aliphatic imine (C=N–C) groups is 2. The van der Waals surface area contributed by atoms with Crippen molar-refractivity contribution in [2.24, 2.45) is 9.98 Å². The summed E-state index contributed by atoms with van der Waals surface area (Å²) in [6.07, 6.45) is 3.47. The summed E-state index contributed by atoms with van der Waals surface area (Å²) in [6, 6.07) is 6.63. The van der Waals surface area contributed by atoms with Gasteiger partial charge in [0.15, 0.2) is 5.17 Å². The van der Waals surface area contributed by atoms with E-state index >= 15 is 0 Å². The third-order valence-electron chi connectivity index (χ3n) is 3.62. The van der Waals surface area contributed by atoms with E-state index in [1.165, 1.54) is 22.4 Å². The van der Waals surface area contributed by atoms with Crippen molar-refractivity contribution < 1.29 is 0 Å². The van der Waals surface area contributed by atoms with Gasteiger partial charge in [0.1, 0.15) is 5.84 Å². The Morgan fingerprint density at radius 2 is 2.30 bits per heavy atom. The molecule has 2 aliphatic rings. The van der Waals surface area contributed by atoms with E-state index in [2.05, 4.69) is 36.9 Å². The van der Waals surface area contributed by atoms with Crippen LogP contribution in [0.1, 0.15) is 37.3 Å². The van der Waals surface area contributed by atoms with Gasteiger partial charge in [0.05, 0.1) is 0 Å². The zero-order valence-corrected chi connectivity index (χ0v) is 13.0. The smallest absolute Gasteiger partial charge is 0.169 e. The molecule has 0 bridgehead atoms. The van der Waals surface area contributed by atoms with Crippen molar-refractivity contribution in [2.75, 3.05) is 19.6 Å². The zero-order chi connectivity index (χ0) is 13.9. The average molecular weight is 287 g/mol. The Hall–Kier alpha value is -1.29. The number of rotatable bonds is 3. The predicted molar refractivity (Wildman–Crippen MR) is 87.0 cm³/mol. The maximum atomic E-state index is 4.80. The highest BCUT2D eigenvalue weighted by Crippen LogP contribution is 2.34. The topological polar surface area (TPSA) is 28.0 Å². The van der Waals surface area contributed by atoms with Crippen LogP contribution in [0.15, 0.2) is 33.1 Å². The molecule has 0 unspecified atom stereocenters. The Morgan fingerprint density at radius 1 is 1.40 bits per heavy atom. The number of amidine groups is 2. The molecule has 0 N–H and O–H groups in total. The molecule has 0 saturated carbocycles. The molecule has 1 aromatic rings. The first-order chi connectivity index (χ1) is 9.79. The van der Waals surface area contributed by atoms with Gasteiger partial charge < -0.3 is 4.90 Å². The first-order valence-corrected chi connectivity index (χ1v) is 8.26. The third-order valence-corrected chi connectivity index (χ3v) is 4.73. The van der Waals surface area contributed by atoms with Crippen molar-refractivity contribution in [1.82, 2.24) is 4.90 Å². The molecule has 3 rings (SSSR count). The number of hydrogen-bond donors (Lipinski definition) is 0. The predicted octanol–water partition coefficient (Wildman–Crippen LogP) is 3.71. The first kappa shape index (κ1) is 13.7. The number of thioether (sulfide) groups is 1. The molecule has 1 aromatic carbocycles. The minimum absolute atomic E-state index is 0.920. The van der Waals surface area contributed by atoms with Gasteiger partial charge in [-0.25, -0.2) is 0 Å². The summed E-state index contributed by atoms with van der Waals surface area (Å²) >= 11 is 1.80. The van der Waals surface area contributed by atoms with Gasteiger partial charge in [0.2, 0.25) is 0 Å². The lowest BCUT2D eigenvalue weighted by atomic mass is 10.1. The van der Waals surface area contributed by atoms with E-state index in [-0.39, 0.29) is 0 Å². The monoisotopic (exact) mass is 287 g/mol. The van der Waals surface area contributed by atoms with Crippen LogP contribution in [0.5, 0.6) is 0 Å². The lowest BCUT2D eigenvalue weighted by molar-refractivity contribution is 0.551. The lowest BCUT2D eigenvalue weighted by Crippen LogP contribution is -2.42. The van der Waals surface area contributed by atoms with Gasteiger partial charge in [-0.2, -0.15) is 0 Å². The van der Waals surface area contributed by atoms with Gasteiger partial charge in [0, 0.05) is 30.1 Å². The highest BCUT2D eigenvalue weighted by Gasteiger charge is 2.29. The number of unbranched alkanes of at least 4 members (excludes halogenated alkanes) is 1. The molecular weight excluding hydrogens is 266 g/mol. The first-order valence-electron chi connectivity index (χ1n) is 7.45. The highest BCUT2D eigenvalue weighted by atomic mass is 32.2. The maximum absolute atomic E-state index is 4.80. The summed E-state index contributed by atoms with van der Waals surface area (Å²) in [5.74, 6) is 1.13. The Bertz CT molecular complexity index is 563. The van der Waals surface area contributed by atoms with E-state index in [4.69, 9.17) is 9.98 Å². The van der Waals surface area contributed by atoms with Crippen LogP contribution in [0.3, 0.4) is 0 Å². The lowest BCUT2D eigenvalue weighted by Gasteiger charge is -2.35. The summed E-state index contributed by atoms with van der Waals surface area (Å²) in [5, 5.41) is 1.13. The normalized spacial score (nSPS) is 19.6. The van der Waals surface area contributed by atoms with Crippen LogP contribution in [0.25, 0.3) is 0 Å². The molecule has 106 valence electrons. The maximum Gasteiger partial charge on any atom is 0.169 e. The average Bonchev–Trinajstić information content (AvgIpc) is 2.48. The molecule has 0 saturated heterocycles. The van der Waals surface area contributed by atoms with Crippen LogP contribution in [0, 0.1) is 6.92 Å². The SMILES string of the molecule is CCCCN=C1Sc2ccc(C)cc2C2=NCCCN12. The molecule has 0 spiro atoms. The van der Waals surface area contributed by atoms with Gasteiger partial charge in [-0.3, -0.25) is 9.98 Å². The fourth-order valence-corrected chi connectivity index (χ4v) is 3.57. The van der Waals surface area contributed by atoms with Crippen LogP contribution in [-0.4, -0.2) is 35.5 Å². The summed E-state index contributed by atoms with van der Waals surface area (Å²) in [4.78, 5) is 13.2. The second kappa shape index (κ2) is 6.00. The number of aryl methyl sites for hydroxylation is 1. The van der Waals surface area contributed by atoms with E-state index in [1.54, 1.807) is 11.8 Å². The summed E-state index contributed by atoms with van der Waals surface area (Å²) in [6.45, 7) is 7.25. The van der Waals surface area contributed by atoms with Crippen molar-refractivity contribution in [3.8, 4) is 0 Å². The minimum Gasteiger partial charge on any atom is -0.305 e. The highest BCUT2D eigenvalue weighted by molar-refractivity contribution is 8.14. The van der Waals surface area contributed by atoms with E-state index < -0.39 is 0 Å². The second-order valence-corrected chi connectivity index (χ2v) is 6.34. The van der Waals surface area contributed by atoms with Gasteiger partial charge in [-0.1, -0.05) is 36.7 Å². The van der Waals surface area contributed by atoms with Crippen LogP contribution in [0.4, 0.5) is 0 Å². The molecular formula is C16H21N3S. The van der Waals surface area contributed by atoms with Crippen molar-refractivity contribution >= 4 is 22.8 Å². The van der Waals surface area contributed by atoms with E-state index in [0.29, 0.717) is 0 Å². The molecule has 0 atom stereocenters. The van der Waals surface area contributed by atoms with Crippen LogP contribution >= 0.6 is 11.8 Å². The Labute approximate surface area is 125 Å². The van der Waals surface area contributed by atoms with Crippen LogP contribution in [0.2, 0.25) is 0 Å². The van der Waals surface area contributed by atoms with Crippen molar-refractivity contribution in [1.29, 1.82) is 0 Å². The molecule has 0 amide bonds. The Kier molecular flexibility index (Phi) is 4.10. The van der Waals surface area contributed by atoms with E-state index in [0.717, 1.165) is 43.5 Å². The Balaban J connectivity index is 1.98. The van der Waals surface area contributed by atoms with Crippen LogP contribution in [-0.2, 0) is 0 Å². The van der Waals surface area contributed by atoms with Crippen LogP contribution < -0.4 is 0 Å². The van der Waals surface area contributed by atoms with Gasteiger partial charge in [-0.05, 0) is 31.9 Å². The molecule has 2 heterocycles. The van der Waals surface area contributed by atoms with E-state index in [1.807, 2.05) is 0 Å². The second-order valence-electron chi connectivity index (χ2n) is 5.33. The Morgan fingerprint density at radius 3 is 3.15 bits per heavy atom. The molecule has 4 heteroatoms. The summed E-state index contributed by atoms with van der Waals surface area (Å²) < 4.78 is 0. The molecule has 0 fully saturated rings. The number of fused-ring (bicyclic) bond motifs is 3. The quantitative estimate of drug-likeness (QED) is 0.793. The fraction of sp³-hybridized carbons (Fsp3) is 0.500. The molecule has 2 aliphatic heterocycles. The standard InChI is InChI=1S/C16H21N3S/c1-3-4-8-18-16-19-10-5-9-17-15(19)13-11-12(2)6-7-14(13)20-16/h6-7,11H,3-5,8-10H2,1-2H3. The zero-order valence-electron chi connectivity index (χ0n) is 12.2. The van der Waals surface area contributed by atoms with Crippen molar-refractivity contribution in [3.63, 3.8) is 0 Å². The molecule has 0 aliphatic carbocycles. The summed E-state index contributed by atoms with van der Waals surface area (Å²) in [7, 11) is 0. The van der Waals surface area contributed by atoms with Crippen molar-refractivity contribution in [2.45, 2.75) is 38.0 Å². The van der Waals surface area contributed by atoms with E-state index in [9.17, 15) is 0 Å². The minimum atomic E-state index is 0.920. The molecule has 0 radical (unpaired) electrons. The molecule has 3 nitrogen and oxygen atoms in total. The fourth-order valence-electron chi connectivity index (χ4n) is 2.53. The number of hydrogen-bond acceptors (Lipinski definition) is 3. The molecule has 0 aromatic heterocycles. The largest absolute Gasteiger partial charge is 0.305 e. The summed E-state index contributed by atoms with van der Waals surface area (Å²) in [5.41, 5.74) is 2.58. The van der Waals surface area contributed by atoms with Crippen molar-refractivity contribution in [3.05, 3.63) is 29.3 Å². The third kappa shape index (κ3) is 2.62. The van der Waals surface area contributed by atoms with Gasteiger partial charge in [-0.15, -0.1) is 0 Å². The number of benzene rings is 1. The molecule has 20 heavy (non-hydrogen) atoms. The van der Waals surface area contributed by atoms with Gasteiger partial charge >= 0.3 is 0 Å². The number of nitrogens with zero attached hydrogens (tertiary/aromatic N) is 3. The van der Waals surface area contributed by atoms with Gasteiger partial charge in [0.25, 0.3) is 0 Å².